The lowest BCUT2D eigenvalue weighted by Crippen LogP contribution is -2.56. The zero-order chi connectivity index (χ0) is 27.5. The molecule has 3 aliphatic heterocycles. The van der Waals surface area contributed by atoms with Gasteiger partial charge in [0.2, 0.25) is 12.5 Å². The summed E-state index contributed by atoms with van der Waals surface area (Å²) in [5.74, 6) is 0.698. The SMILES string of the molecule is [C-]#[N+]C[C@H]1CN(c2nc(OCC3=NC=CC3)nc3c2CCN(c2cccc4ccccc24)C3)CCN1C(=O)C=C. The first-order valence-electron chi connectivity index (χ1n) is 13.6. The van der Waals surface area contributed by atoms with Gasteiger partial charge in [0.15, 0.2) is 0 Å². The molecule has 0 radical (unpaired) electrons. The minimum Gasteiger partial charge on any atom is -0.457 e. The van der Waals surface area contributed by atoms with Gasteiger partial charge in [-0.1, -0.05) is 49.1 Å². The number of hydrogen-bond acceptors (Lipinski definition) is 7. The summed E-state index contributed by atoms with van der Waals surface area (Å²) in [6, 6.07) is 14.9. The van der Waals surface area contributed by atoms with Gasteiger partial charge in [-0.25, -0.2) is 6.57 Å². The zero-order valence-electron chi connectivity index (χ0n) is 22.4. The molecule has 1 atom stereocenters. The van der Waals surface area contributed by atoms with Gasteiger partial charge in [-0.05, 0) is 23.9 Å². The fraction of sp³-hybridized carbons (Fsp3) is 0.323. The van der Waals surface area contributed by atoms with Crippen molar-refractivity contribution in [1.82, 2.24) is 14.9 Å². The number of anilines is 2. The molecule has 6 rings (SSSR count). The summed E-state index contributed by atoms with van der Waals surface area (Å²) in [6.07, 6.45) is 6.67. The summed E-state index contributed by atoms with van der Waals surface area (Å²) in [6.45, 7) is 14.8. The van der Waals surface area contributed by atoms with Gasteiger partial charge in [-0.15, -0.1) is 0 Å². The maximum absolute atomic E-state index is 12.5. The van der Waals surface area contributed by atoms with Gasteiger partial charge < -0.3 is 24.3 Å². The van der Waals surface area contributed by atoms with Gasteiger partial charge in [0.05, 0.1) is 18.0 Å². The minimum absolute atomic E-state index is 0.140. The summed E-state index contributed by atoms with van der Waals surface area (Å²) in [7, 11) is 0. The Hall–Kier alpha value is -4.71. The van der Waals surface area contributed by atoms with Crippen molar-refractivity contribution in [1.29, 1.82) is 0 Å². The van der Waals surface area contributed by atoms with Gasteiger partial charge in [-0.3, -0.25) is 9.79 Å². The predicted molar refractivity (Wildman–Crippen MR) is 157 cm³/mol. The Morgan fingerprint density at radius 3 is 2.83 bits per heavy atom. The number of allylic oxidation sites excluding steroid dienone is 1. The molecule has 1 aromatic heterocycles. The maximum Gasteiger partial charge on any atom is 0.319 e. The molecular formula is C31H31N7O2. The number of aliphatic imine (C=N–C) groups is 1. The Morgan fingerprint density at radius 2 is 2.00 bits per heavy atom. The van der Waals surface area contributed by atoms with E-state index < -0.39 is 0 Å². The molecule has 3 aromatic rings. The second-order valence-corrected chi connectivity index (χ2v) is 10.2. The highest BCUT2D eigenvalue weighted by molar-refractivity contribution is 5.94. The number of fused-ring (bicyclic) bond motifs is 2. The summed E-state index contributed by atoms with van der Waals surface area (Å²) in [5, 5.41) is 2.43. The quantitative estimate of drug-likeness (QED) is 0.337. The molecule has 0 bridgehead atoms. The van der Waals surface area contributed by atoms with Crippen LogP contribution in [0, 0.1) is 6.57 Å². The minimum atomic E-state index is -0.235. The van der Waals surface area contributed by atoms with E-state index in [0.717, 1.165) is 42.2 Å². The van der Waals surface area contributed by atoms with Gasteiger partial charge in [-0.2, -0.15) is 9.97 Å². The molecule has 0 spiro atoms. The summed E-state index contributed by atoms with van der Waals surface area (Å²) >= 11 is 0. The number of piperazine rings is 1. The monoisotopic (exact) mass is 533 g/mol. The highest BCUT2D eigenvalue weighted by Gasteiger charge is 2.34. The largest absolute Gasteiger partial charge is 0.457 e. The van der Waals surface area contributed by atoms with E-state index in [2.05, 4.69) is 68.7 Å². The lowest BCUT2D eigenvalue weighted by atomic mass is 10.0. The van der Waals surface area contributed by atoms with Crippen LogP contribution in [0.3, 0.4) is 0 Å². The molecule has 9 nitrogen and oxygen atoms in total. The van der Waals surface area contributed by atoms with Crippen molar-refractivity contribution in [3.63, 3.8) is 0 Å². The third-order valence-corrected chi connectivity index (χ3v) is 7.76. The molecule has 0 aliphatic carbocycles. The standard InChI is InChI=1S/C31H31N7O2/c1-3-29(39)38-17-16-37(19-24(38)18-32-2)30-26-13-15-36(28-12-6-9-22-8-4-5-11-25(22)28)20-27(26)34-31(35-30)40-21-23-10-7-14-33-23/h3-9,11-12,14,24H,1,10,13,15-21H2/t24-/m0/s1. The van der Waals surface area contributed by atoms with E-state index in [-0.39, 0.29) is 18.5 Å². The van der Waals surface area contributed by atoms with Crippen LogP contribution >= 0.6 is 0 Å². The Balaban J connectivity index is 1.33. The van der Waals surface area contributed by atoms with Crippen molar-refractivity contribution in [3.8, 4) is 6.01 Å². The van der Waals surface area contributed by atoms with Crippen molar-refractivity contribution >= 4 is 33.9 Å². The molecule has 0 N–H and O–H groups in total. The number of aromatic nitrogens is 2. The molecule has 1 saturated heterocycles. The maximum atomic E-state index is 12.5. The molecule has 1 amide bonds. The molecule has 2 aromatic carbocycles. The van der Waals surface area contributed by atoms with Crippen LogP contribution in [0.4, 0.5) is 11.5 Å². The average molecular weight is 534 g/mol. The fourth-order valence-corrected chi connectivity index (χ4v) is 5.76. The fourth-order valence-electron chi connectivity index (χ4n) is 5.76. The van der Waals surface area contributed by atoms with E-state index in [9.17, 15) is 4.79 Å². The predicted octanol–water partition coefficient (Wildman–Crippen LogP) is 4.05. The van der Waals surface area contributed by atoms with Crippen LogP contribution < -0.4 is 14.5 Å². The average Bonchev–Trinajstić information content (AvgIpc) is 3.53. The van der Waals surface area contributed by atoms with Crippen LogP contribution in [0.1, 0.15) is 17.7 Å². The van der Waals surface area contributed by atoms with Crippen molar-refractivity contribution in [2.75, 3.05) is 49.1 Å². The number of benzene rings is 2. The van der Waals surface area contributed by atoms with Crippen LogP contribution in [0.2, 0.25) is 0 Å². The Bertz CT molecular complexity index is 1550. The second kappa shape index (κ2) is 11.2. The second-order valence-electron chi connectivity index (χ2n) is 10.2. The van der Waals surface area contributed by atoms with Crippen molar-refractivity contribution in [2.45, 2.75) is 25.4 Å². The normalized spacial score (nSPS) is 18.3. The lowest BCUT2D eigenvalue weighted by Gasteiger charge is -2.41. The van der Waals surface area contributed by atoms with Crippen LogP contribution in [-0.2, 0) is 17.8 Å². The summed E-state index contributed by atoms with van der Waals surface area (Å²) < 4.78 is 6.09. The van der Waals surface area contributed by atoms with Crippen molar-refractivity contribution in [2.24, 2.45) is 4.99 Å². The van der Waals surface area contributed by atoms with Crippen LogP contribution in [-0.4, -0.2) is 71.9 Å². The molecule has 40 heavy (non-hydrogen) atoms. The van der Waals surface area contributed by atoms with Crippen molar-refractivity contribution in [3.05, 3.63) is 90.1 Å². The molecule has 0 unspecified atom stereocenters. The molecule has 3 aliphatic rings. The number of amides is 1. The van der Waals surface area contributed by atoms with Gasteiger partial charge >= 0.3 is 6.01 Å². The number of hydrogen-bond donors (Lipinski definition) is 0. The van der Waals surface area contributed by atoms with Gasteiger partial charge in [0.1, 0.15) is 18.5 Å². The van der Waals surface area contributed by atoms with Crippen LogP contribution in [0.25, 0.3) is 15.6 Å². The number of ether oxygens (including phenoxy) is 1. The smallest absolute Gasteiger partial charge is 0.319 e. The third kappa shape index (κ3) is 5.00. The number of carbonyl (C=O) groups is 1. The van der Waals surface area contributed by atoms with E-state index in [4.69, 9.17) is 21.3 Å². The molecule has 1 fully saturated rings. The van der Waals surface area contributed by atoms with E-state index in [0.29, 0.717) is 38.8 Å². The Kier molecular flexibility index (Phi) is 7.15. The topological polar surface area (TPSA) is 78.5 Å². The number of nitrogens with zero attached hydrogens (tertiary/aromatic N) is 7. The zero-order valence-corrected chi connectivity index (χ0v) is 22.4. The number of carbonyl (C=O) groups excluding carboxylic acids is 1. The van der Waals surface area contributed by atoms with E-state index in [1.165, 1.54) is 22.5 Å². The summed E-state index contributed by atoms with van der Waals surface area (Å²) in [4.78, 5) is 36.6. The van der Waals surface area contributed by atoms with Crippen LogP contribution in [0.5, 0.6) is 6.01 Å². The third-order valence-electron chi connectivity index (χ3n) is 7.76. The van der Waals surface area contributed by atoms with Gasteiger partial charge in [0, 0.05) is 55.4 Å². The molecule has 202 valence electrons. The van der Waals surface area contributed by atoms with E-state index in [1.54, 1.807) is 11.1 Å². The molecule has 9 heteroatoms. The highest BCUT2D eigenvalue weighted by atomic mass is 16.5. The Morgan fingerprint density at radius 1 is 1.12 bits per heavy atom. The van der Waals surface area contributed by atoms with Crippen molar-refractivity contribution < 1.29 is 9.53 Å². The first-order chi connectivity index (χ1) is 19.6. The Labute approximate surface area is 233 Å². The molecule has 0 saturated carbocycles. The van der Waals surface area contributed by atoms with E-state index >= 15 is 0 Å². The number of rotatable bonds is 7. The first kappa shape index (κ1) is 25.6. The molecule has 4 heterocycles. The molecular weight excluding hydrogens is 502 g/mol. The highest BCUT2D eigenvalue weighted by Crippen LogP contribution is 2.34. The van der Waals surface area contributed by atoms with Gasteiger partial charge in [0.25, 0.3) is 0 Å². The lowest BCUT2D eigenvalue weighted by molar-refractivity contribution is -0.128. The van der Waals surface area contributed by atoms with E-state index in [1.807, 2.05) is 6.08 Å². The summed E-state index contributed by atoms with van der Waals surface area (Å²) in [5.41, 5.74) is 4.17. The first-order valence-corrected chi connectivity index (χ1v) is 13.6. The van der Waals surface area contributed by atoms with Crippen LogP contribution in [0.15, 0.2) is 72.4 Å².